The third kappa shape index (κ3) is 2.64. The Morgan fingerprint density at radius 1 is 1.50 bits per heavy atom. The summed E-state index contributed by atoms with van der Waals surface area (Å²) in [6.07, 6.45) is 0.978. The van der Waals surface area contributed by atoms with Crippen LogP contribution in [0.3, 0.4) is 0 Å². The normalized spacial score (nSPS) is 27.9. The number of carbonyl (C=O) groups excluding carboxylic acids is 1. The van der Waals surface area contributed by atoms with Crippen LogP contribution in [0.15, 0.2) is 18.2 Å². The number of carbonyl (C=O) groups is 1. The quantitative estimate of drug-likeness (QED) is 0.882. The monoisotopic (exact) mass is 303 g/mol. The van der Waals surface area contributed by atoms with Crippen molar-refractivity contribution in [1.29, 1.82) is 0 Å². The van der Waals surface area contributed by atoms with Gasteiger partial charge in [-0.15, -0.1) is 0 Å². The standard InChI is InChI=1S/C17H25N3O2/c1-4-20-8-7-12-9-14(6-5-13(12)11-20)19-16(21)17(2)15(22-3)10-18-17/h5-6,9,15,18H,4,7-8,10-11H2,1-3H3,(H,19,21)/t15-,17+/m0/s1. The van der Waals surface area contributed by atoms with Gasteiger partial charge in [0.05, 0.1) is 6.10 Å². The van der Waals surface area contributed by atoms with Crippen molar-refractivity contribution in [2.45, 2.75) is 38.5 Å². The molecule has 1 aromatic carbocycles. The van der Waals surface area contributed by atoms with E-state index in [1.165, 1.54) is 11.1 Å². The average Bonchev–Trinajstić information content (AvgIpc) is 2.52. The van der Waals surface area contributed by atoms with Gasteiger partial charge in [0.2, 0.25) is 5.91 Å². The zero-order valence-electron chi connectivity index (χ0n) is 13.6. The summed E-state index contributed by atoms with van der Waals surface area (Å²) in [7, 11) is 1.65. The molecule has 0 aliphatic carbocycles. The van der Waals surface area contributed by atoms with Crippen molar-refractivity contribution < 1.29 is 9.53 Å². The molecule has 2 atom stereocenters. The minimum atomic E-state index is -0.635. The third-order valence-corrected chi connectivity index (χ3v) is 5.06. The Hall–Kier alpha value is -1.43. The van der Waals surface area contributed by atoms with Gasteiger partial charge < -0.3 is 10.1 Å². The second-order valence-electron chi connectivity index (χ2n) is 6.36. The minimum absolute atomic E-state index is 0.0310. The van der Waals surface area contributed by atoms with Crippen LogP contribution in [0.4, 0.5) is 5.69 Å². The molecule has 22 heavy (non-hydrogen) atoms. The molecule has 2 aliphatic rings. The number of likely N-dealkylation sites (N-methyl/N-ethyl adjacent to an activating group) is 1. The smallest absolute Gasteiger partial charge is 0.247 e. The van der Waals surface area contributed by atoms with Crippen molar-refractivity contribution in [3.63, 3.8) is 0 Å². The summed E-state index contributed by atoms with van der Waals surface area (Å²) in [5.41, 5.74) is 2.95. The zero-order chi connectivity index (χ0) is 15.7. The van der Waals surface area contributed by atoms with Gasteiger partial charge in [-0.25, -0.2) is 0 Å². The van der Waals surface area contributed by atoms with Crippen LogP contribution >= 0.6 is 0 Å². The van der Waals surface area contributed by atoms with Crippen LogP contribution < -0.4 is 10.6 Å². The van der Waals surface area contributed by atoms with Gasteiger partial charge in [0.1, 0.15) is 5.54 Å². The topological polar surface area (TPSA) is 53.6 Å². The van der Waals surface area contributed by atoms with E-state index in [1.54, 1.807) is 7.11 Å². The number of anilines is 1. The summed E-state index contributed by atoms with van der Waals surface area (Å²) in [5.74, 6) is -0.0310. The van der Waals surface area contributed by atoms with Crippen LogP contribution in [-0.2, 0) is 22.5 Å². The van der Waals surface area contributed by atoms with Gasteiger partial charge in [-0.1, -0.05) is 13.0 Å². The highest BCUT2D eigenvalue weighted by Gasteiger charge is 2.49. The van der Waals surface area contributed by atoms with Crippen molar-refractivity contribution in [1.82, 2.24) is 10.2 Å². The lowest BCUT2D eigenvalue weighted by Gasteiger charge is -2.45. The summed E-state index contributed by atoms with van der Waals surface area (Å²) < 4.78 is 5.35. The van der Waals surface area contributed by atoms with Crippen LogP contribution in [0.2, 0.25) is 0 Å². The molecule has 0 saturated carbocycles. The number of fused-ring (bicyclic) bond motifs is 1. The number of hydrogen-bond acceptors (Lipinski definition) is 4. The summed E-state index contributed by atoms with van der Waals surface area (Å²) in [5, 5.41) is 6.20. The lowest BCUT2D eigenvalue weighted by Crippen LogP contribution is -2.73. The second kappa shape index (κ2) is 5.99. The molecule has 2 aliphatic heterocycles. The second-order valence-corrected chi connectivity index (χ2v) is 6.36. The zero-order valence-corrected chi connectivity index (χ0v) is 13.6. The van der Waals surface area contributed by atoms with Gasteiger partial charge in [0.15, 0.2) is 0 Å². The molecule has 5 heteroatoms. The van der Waals surface area contributed by atoms with Crippen molar-refractivity contribution in [3.05, 3.63) is 29.3 Å². The predicted octanol–water partition coefficient (Wildman–Crippen LogP) is 1.38. The molecule has 3 rings (SSSR count). The summed E-state index contributed by atoms with van der Waals surface area (Å²) >= 11 is 0. The molecule has 120 valence electrons. The van der Waals surface area contributed by atoms with E-state index >= 15 is 0 Å². The number of nitrogens with zero attached hydrogens (tertiary/aromatic N) is 1. The Labute approximate surface area is 132 Å². The molecular formula is C17H25N3O2. The molecule has 1 fully saturated rings. The number of nitrogens with one attached hydrogen (secondary N) is 2. The van der Waals surface area contributed by atoms with Crippen molar-refractivity contribution in [2.75, 3.05) is 32.1 Å². The van der Waals surface area contributed by atoms with E-state index in [0.29, 0.717) is 0 Å². The summed E-state index contributed by atoms with van der Waals surface area (Å²) in [6.45, 7) is 7.98. The maximum Gasteiger partial charge on any atom is 0.247 e. The SMILES string of the molecule is CCN1CCc2cc(NC(=O)[C@]3(C)NC[C@@H]3OC)ccc2C1. The summed E-state index contributed by atoms with van der Waals surface area (Å²) in [4.78, 5) is 14.9. The van der Waals surface area contributed by atoms with Crippen LogP contribution in [0.5, 0.6) is 0 Å². The van der Waals surface area contributed by atoms with Crippen LogP contribution in [0, 0.1) is 0 Å². The van der Waals surface area contributed by atoms with Gasteiger partial charge in [-0.2, -0.15) is 0 Å². The van der Waals surface area contributed by atoms with Gasteiger partial charge in [-0.3, -0.25) is 15.0 Å². The molecule has 2 heterocycles. The average molecular weight is 303 g/mol. The van der Waals surface area contributed by atoms with E-state index in [1.807, 2.05) is 13.0 Å². The van der Waals surface area contributed by atoms with Gasteiger partial charge in [-0.05, 0) is 43.1 Å². The molecule has 2 N–H and O–H groups in total. The molecule has 0 unspecified atom stereocenters. The molecule has 1 amide bonds. The van der Waals surface area contributed by atoms with Gasteiger partial charge in [0.25, 0.3) is 0 Å². The van der Waals surface area contributed by atoms with Crippen LogP contribution in [0.25, 0.3) is 0 Å². The number of amides is 1. The molecule has 0 radical (unpaired) electrons. The number of ether oxygens (including phenoxy) is 1. The predicted molar refractivity (Wildman–Crippen MR) is 86.9 cm³/mol. The van der Waals surface area contributed by atoms with Crippen LogP contribution in [-0.4, -0.2) is 49.2 Å². The van der Waals surface area contributed by atoms with E-state index in [9.17, 15) is 4.79 Å². The van der Waals surface area contributed by atoms with Crippen LogP contribution in [0.1, 0.15) is 25.0 Å². The maximum atomic E-state index is 12.5. The Morgan fingerprint density at radius 3 is 2.95 bits per heavy atom. The van der Waals surface area contributed by atoms with Crippen molar-refractivity contribution in [2.24, 2.45) is 0 Å². The largest absolute Gasteiger partial charge is 0.378 e. The number of rotatable bonds is 4. The Kier molecular flexibility index (Phi) is 4.21. The fourth-order valence-corrected chi connectivity index (χ4v) is 3.26. The Morgan fingerprint density at radius 2 is 2.32 bits per heavy atom. The lowest BCUT2D eigenvalue weighted by molar-refractivity contribution is -0.134. The minimum Gasteiger partial charge on any atom is -0.378 e. The Balaban J connectivity index is 1.70. The molecule has 0 bridgehead atoms. The van der Waals surface area contributed by atoms with E-state index in [4.69, 9.17) is 4.74 Å². The first kappa shape index (κ1) is 15.5. The highest BCUT2D eigenvalue weighted by atomic mass is 16.5. The van der Waals surface area contributed by atoms with E-state index in [-0.39, 0.29) is 12.0 Å². The maximum absolute atomic E-state index is 12.5. The number of hydrogen-bond donors (Lipinski definition) is 2. The first-order valence-corrected chi connectivity index (χ1v) is 8.00. The third-order valence-electron chi connectivity index (χ3n) is 5.06. The fourth-order valence-electron chi connectivity index (χ4n) is 3.26. The Bertz CT molecular complexity index is 573. The first-order valence-electron chi connectivity index (χ1n) is 8.00. The molecular weight excluding hydrogens is 278 g/mol. The molecule has 0 spiro atoms. The fraction of sp³-hybridized carbons (Fsp3) is 0.588. The molecule has 1 aromatic rings. The van der Waals surface area contributed by atoms with E-state index in [0.717, 1.165) is 38.3 Å². The molecule has 0 aromatic heterocycles. The van der Waals surface area contributed by atoms with Crippen molar-refractivity contribution >= 4 is 11.6 Å². The van der Waals surface area contributed by atoms with Gasteiger partial charge in [0, 0.05) is 32.4 Å². The molecule has 5 nitrogen and oxygen atoms in total. The van der Waals surface area contributed by atoms with E-state index < -0.39 is 5.54 Å². The first-order chi connectivity index (χ1) is 10.6. The lowest BCUT2D eigenvalue weighted by atomic mass is 9.85. The molecule has 1 saturated heterocycles. The highest BCUT2D eigenvalue weighted by molar-refractivity contribution is 5.99. The highest BCUT2D eigenvalue weighted by Crippen LogP contribution is 2.26. The number of methoxy groups -OCH3 is 1. The number of benzene rings is 1. The summed E-state index contributed by atoms with van der Waals surface area (Å²) in [6, 6.07) is 6.25. The van der Waals surface area contributed by atoms with Crippen molar-refractivity contribution in [3.8, 4) is 0 Å². The van der Waals surface area contributed by atoms with Gasteiger partial charge >= 0.3 is 0 Å². The van der Waals surface area contributed by atoms with E-state index in [2.05, 4.69) is 34.6 Å².